The molecule has 0 aromatic heterocycles. The summed E-state index contributed by atoms with van der Waals surface area (Å²) in [6.07, 6.45) is 0. The highest BCUT2D eigenvalue weighted by molar-refractivity contribution is 7.80. The van der Waals surface area contributed by atoms with Gasteiger partial charge in [-0.2, -0.15) is 0 Å². The predicted octanol–water partition coefficient (Wildman–Crippen LogP) is 5.71. The van der Waals surface area contributed by atoms with Gasteiger partial charge in [-0.1, -0.05) is 65.9 Å². The second-order valence-electron chi connectivity index (χ2n) is 8.20. The predicted molar refractivity (Wildman–Crippen MR) is 106 cm³/mol. The first-order valence-electron chi connectivity index (χ1n) is 8.21. The number of rotatable bonds is 3. The van der Waals surface area contributed by atoms with E-state index in [-0.39, 0.29) is 10.8 Å². The van der Waals surface area contributed by atoms with E-state index in [0.29, 0.717) is 4.99 Å². The summed E-state index contributed by atoms with van der Waals surface area (Å²) in [5.41, 5.74) is 9.10. The average Bonchev–Trinajstić information content (AvgIpc) is 2.46. The first-order chi connectivity index (χ1) is 11.0. The summed E-state index contributed by atoms with van der Waals surface area (Å²) in [5, 5.41) is 0. The van der Waals surface area contributed by atoms with Crippen molar-refractivity contribution in [3.8, 4) is 11.5 Å². The zero-order valence-corrected chi connectivity index (χ0v) is 16.3. The summed E-state index contributed by atoms with van der Waals surface area (Å²) in [4.78, 5) is 0.395. The monoisotopic (exact) mass is 341 g/mol. The van der Waals surface area contributed by atoms with Crippen molar-refractivity contribution in [2.45, 2.75) is 52.4 Å². The summed E-state index contributed by atoms with van der Waals surface area (Å²) >= 11 is 4.99. The molecule has 0 spiro atoms. The fourth-order valence-electron chi connectivity index (χ4n) is 2.49. The molecule has 2 nitrogen and oxygen atoms in total. The molecule has 0 aliphatic carbocycles. The summed E-state index contributed by atoms with van der Waals surface area (Å²) in [5.74, 6) is 1.67. The molecule has 0 radical (unpaired) electrons. The number of ether oxygens (including phenoxy) is 1. The Bertz CT molecular complexity index is 734. The molecule has 2 aromatic carbocycles. The number of nitrogens with two attached hydrogens (primary N) is 1. The lowest BCUT2D eigenvalue weighted by Crippen LogP contribution is -2.17. The van der Waals surface area contributed by atoms with Gasteiger partial charge in [0.25, 0.3) is 0 Å². The minimum Gasteiger partial charge on any atom is -0.457 e. The van der Waals surface area contributed by atoms with Gasteiger partial charge in [-0.05, 0) is 46.7 Å². The lowest BCUT2D eigenvalue weighted by molar-refractivity contribution is 0.453. The van der Waals surface area contributed by atoms with Crippen LogP contribution in [0.15, 0.2) is 42.5 Å². The molecule has 2 N–H and O–H groups in total. The third-order valence-corrected chi connectivity index (χ3v) is 4.26. The van der Waals surface area contributed by atoms with E-state index in [9.17, 15) is 0 Å². The van der Waals surface area contributed by atoms with Gasteiger partial charge < -0.3 is 10.5 Å². The van der Waals surface area contributed by atoms with Crippen molar-refractivity contribution < 1.29 is 4.74 Å². The van der Waals surface area contributed by atoms with E-state index < -0.39 is 0 Å². The smallest absolute Gasteiger partial charge is 0.131 e. The standard InChI is InChI=1S/C21H27NOS/c1-20(2,3)15-9-12-18(17(13-15)21(4,5)6)23-16-10-7-14(8-11-16)19(22)24/h7-13H,1-6H3,(H2,22,24). The van der Waals surface area contributed by atoms with Gasteiger partial charge in [0, 0.05) is 11.1 Å². The van der Waals surface area contributed by atoms with E-state index in [0.717, 1.165) is 17.1 Å². The van der Waals surface area contributed by atoms with E-state index in [1.54, 1.807) is 0 Å². The van der Waals surface area contributed by atoms with Crippen LogP contribution in [0.5, 0.6) is 11.5 Å². The zero-order chi connectivity index (χ0) is 18.1. The molecule has 2 rings (SSSR count). The molecular formula is C21H27NOS. The van der Waals surface area contributed by atoms with Crippen LogP contribution >= 0.6 is 12.2 Å². The summed E-state index contributed by atoms with van der Waals surface area (Å²) in [7, 11) is 0. The quantitative estimate of drug-likeness (QED) is 0.726. The molecule has 3 heteroatoms. The van der Waals surface area contributed by atoms with Gasteiger partial charge in [-0.25, -0.2) is 0 Å². The molecule has 0 saturated carbocycles. The molecule has 0 unspecified atom stereocenters. The van der Waals surface area contributed by atoms with Gasteiger partial charge in [-0.15, -0.1) is 0 Å². The maximum atomic E-state index is 6.15. The largest absolute Gasteiger partial charge is 0.457 e. The zero-order valence-electron chi connectivity index (χ0n) is 15.4. The normalized spacial score (nSPS) is 12.1. The first-order valence-corrected chi connectivity index (χ1v) is 8.62. The Hall–Kier alpha value is -1.87. The van der Waals surface area contributed by atoms with Crippen LogP contribution in [-0.2, 0) is 10.8 Å². The van der Waals surface area contributed by atoms with Gasteiger partial charge in [0.2, 0.25) is 0 Å². The Morgan fingerprint density at radius 2 is 1.46 bits per heavy atom. The van der Waals surface area contributed by atoms with Crippen molar-refractivity contribution in [3.63, 3.8) is 0 Å². The maximum Gasteiger partial charge on any atom is 0.131 e. The highest BCUT2D eigenvalue weighted by atomic mass is 32.1. The second-order valence-corrected chi connectivity index (χ2v) is 8.64. The summed E-state index contributed by atoms with van der Waals surface area (Å²) in [6, 6.07) is 14.1. The van der Waals surface area contributed by atoms with Crippen LogP contribution in [0.3, 0.4) is 0 Å². The van der Waals surface area contributed by atoms with Crippen molar-refractivity contribution in [2.24, 2.45) is 5.73 Å². The Balaban J connectivity index is 2.40. The SMILES string of the molecule is CC(C)(C)c1ccc(Oc2ccc(C(N)=S)cc2)c(C(C)(C)C)c1. The number of benzene rings is 2. The molecular weight excluding hydrogens is 314 g/mol. The van der Waals surface area contributed by atoms with Crippen LogP contribution in [0.25, 0.3) is 0 Å². The third kappa shape index (κ3) is 4.35. The fraction of sp³-hybridized carbons (Fsp3) is 0.381. The van der Waals surface area contributed by atoms with Crippen LogP contribution in [0.2, 0.25) is 0 Å². The van der Waals surface area contributed by atoms with Gasteiger partial charge in [-0.3, -0.25) is 0 Å². The van der Waals surface area contributed by atoms with Gasteiger partial charge >= 0.3 is 0 Å². The minimum absolute atomic E-state index is 0.00460. The molecule has 0 aliphatic heterocycles. The molecule has 0 bridgehead atoms. The second kappa shape index (κ2) is 6.56. The highest BCUT2D eigenvalue weighted by Gasteiger charge is 2.23. The lowest BCUT2D eigenvalue weighted by Gasteiger charge is -2.27. The number of hydrogen-bond donors (Lipinski definition) is 1. The molecule has 0 heterocycles. The van der Waals surface area contributed by atoms with E-state index in [2.05, 4.69) is 59.7 Å². The van der Waals surface area contributed by atoms with Crippen LogP contribution in [-0.4, -0.2) is 4.99 Å². The molecule has 0 amide bonds. The van der Waals surface area contributed by atoms with Crippen molar-refractivity contribution in [1.82, 2.24) is 0 Å². The van der Waals surface area contributed by atoms with E-state index in [1.165, 1.54) is 11.1 Å². The molecule has 0 aliphatic rings. The van der Waals surface area contributed by atoms with Gasteiger partial charge in [0.1, 0.15) is 16.5 Å². The topological polar surface area (TPSA) is 35.2 Å². The number of thiocarbonyl (C=S) groups is 1. The Morgan fingerprint density at radius 3 is 1.92 bits per heavy atom. The van der Waals surface area contributed by atoms with Gasteiger partial charge in [0.05, 0.1) is 0 Å². The molecule has 0 fully saturated rings. The van der Waals surface area contributed by atoms with Crippen molar-refractivity contribution >= 4 is 17.2 Å². The molecule has 2 aromatic rings. The van der Waals surface area contributed by atoms with Crippen molar-refractivity contribution in [2.75, 3.05) is 0 Å². The van der Waals surface area contributed by atoms with Crippen LogP contribution in [0.4, 0.5) is 0 Å². The molecule has 0 saturated heterocycles. The van der Waals surface area contributed by atoms with Crippen LogP contribution < -0.4 is 10.5 Å². The lowest BCUT2D eigenvalue weighted by atomic mass is 9.80. The van der Waals surface area contributed by atoms with Crippen molar-refractivity contribution in [3.05, 3.63) is 59.2 Å². The number of hydrogen-bond acceptors (Lipinski definition) is 2. The minimum atomic E-state index is -0.00460. The third-order valence-electron chi connectivity index (χ3n) is 4.02. The Morgan fingerprint density at radius 1 is 0.875 bits per heavy atom. The van der Waals surface area contributed by atoms with Gasteiger partial charge in [0.15, 0.2) is 0 Å². The Kier molecular flexibility index (Phi) is 5.05. The average molecular weight is 342 g/mol. The summed E-state index contributed by atoms with van der Waals surface area (Å²) in [6.45, 7) is 13.3. The van der Waals surface area contributed by atoms with E-state index in [1.807, 2.05) is 24.3 Å². The summed E-state index contributed by atoms with van der Waals surface area (Å²) < 4.78 is 6.15. The highest BCUT2D eigenvalue weighted by Crippen LogP contribution is 2.37. The molecule has 24 heavy (non-hydrogen) atoms. The van der Waals surface area contributed by atoms with Crippen molar-refractivity contribution in [1.29, 1.82) is 0 Å². The van der Waals surface area contributed by atoms with E-state index in [4.69, 9.17) is 22.7 Å². The Labute approximate surface area is 151 Å². The van der Waals surface area contributed by atoms with Crippen LogP contribution in [0.1, 0.15) is 58.2 Å². The molecule has 0 atom stereocenters. The fourth-order valence-corrected chi connectivity index (χ4v) is 2.62. The van der Waals surface area contributed by atoms with Crippen LogP contribution in [0, 0.1) is 0 Å². The molecule has 128 valence electrons. The van der Waals surface area contributed by atoms with E-state index >= 15 is 0 Å². The maximum absolute atomic E-state index is 6.15. The first kappa shape index (κ1) is 18.5.